The Labute approximate surface area is 134 Å². The molecule has 5 nitrogen and oxygen atoms in total. The van der Waals surface area contributed by atoms with Crippen LogP contribution in [0, 0.1) is 0 Å². The molecule has 0 aliphatic rings. The lowest BCUT2D eigenvalue weighted by molar-refractivity contribution is 0.0943. The third-order valence-electron chi connectivity index (χ3n) is 3.30. The van der Waals surface area contributed by atoms with Gasteiger partial charge in [0.1, 0.15) is 5.69 Å². The maximum atomic E-state index is 12.0. The summed E-state index contributed by atoms with van der Waals surface area (Å²) in [5.74, 6) is -0.227. The molecule has 0 saturated carbocycles. The van der Waals surface area contributed by atoms with E-state index in [0.29, 0.717) is 16.3 Å². The Hall–Kier alpha value is -1.79. The van der Waals surface area contributed by atoms with Crippen molar-refractivity contribution in [3.63, 3.8) is 0 Å². The quantitative estimate of drug-likeness (QED) is 0.908. The van der Waals surface area contributed by atoms with Gasteiger partial charge in [-0.3, -0.25) is 4.79 Å². The first-order valence-corrected chi connectivity index (χ1v) is 8.78. The van der Waals surface area contributed by atoms with Crippen molar-refractivity contribution in [2.24, 2.45) is 7.05 Å². The normalized spacial score (nSPS) is 11.4. The van der Waals surface area contributed by atoms with E-state index in [0.717, 1.165) is 0 Å². The molecule has 0 bridgehead atoms. The van der Waals surface area contributed by atoms with Crippen LogP contribution >= 0.6 is 11.6 Å². The van der Waals surface area contributed by atoms with Crippen LogP contribution in [0.25, 0.3) is 0 Å². The first-order valence-electron chi connectivity index (χ1n) is 6.75. The molecule has 1 aromatic carbocycles. The number of hydrogen-bond acceptors (Lipinski definition) is 3. The molecule has 0 unspecified atom stereocenters. The first-order chi connectivity index (χ1) is 10.3. The minimum Gasteiger partial charge on any atom is -0.347 e. The van der Waals surface area contributed by atoms with E-state index in [1.165, 1.54) is 12.1 Å². The minimum absolute atomic E-state index is 0.00247. The number of nitrogens with one attached hydrogen (secondary N) is 1. The van der Waals surface area contributed by atoms with Gasteiger partial charge < -0.3 is 9.88 Å². The maximum absolute atomic E-state index is 12.0. The van der Waals surface area contributed by atoms with Crippen LogP contribution in [-0.4, -0.2) is 24.6 Å². The van der Waals surface area contributed by atoms with Crippen molar-refractivity contribution in [3.8, 4) is 0 Å². The Bertz CT molecular complexity index is 797. The lowest BCUT2D eigenvalue weighted by Gasteiger charge is -2.09. The van der Waals surface area contributed by atoms with Gasteiger partial charge in [-0.15, -0.1) is 0 Å². The Kier molecular flexibility index (Phi) is 4.93. The number of rotatable bonds is 5. The standard InChI is InChI=1S/C15H17ClN2O3S/c1-3-22(20,21)13-8-11(7-12(16)9-13)10-17-15(19)14-5-4-6-18(14)2/h4-9H,3,10H2,1-2H3,(H,17,19). The van der Waals surface area contributed by atoms with Crippen molar-refractivity contribution in [3.05, 3.63) is 52.8 Å². The van der Waals surface area contributed by atoms with Crippen LogP contribution in [0.5, 0.6) is 0 Å². The highest BCUT2D eigenvalue weighted by atomic mass is 35.5. The summed E-state index contributed by atoms with van der Waals surface area (Å²) in [6.45, 7) is 1.78. The van der Waals surface area contributed by atoms with Crippen LogP contribution < -0.4 is 5.32 Å². The molecule has 1 aromatic heterocycles. The monoisotopic (exact) mass is 340 g/mol. The van der Waals surface area contributed by atoms with Crippen molar-refractivity contribution in [2.45, 2.75) is 18.4 Å². The predicted molar refractivity (Wildman–Crippen MR) is 85.8 cm³/mol. The molecule has 7 heteroatoms. The molecule has 2 rings (SSSR count). The van der Waals surface area contributed by atoms with E-state index >= 15 is 0 Å². The predicted octanol–water partition coefficient (Wildman–Crippen LogP) is 2.40. The molecule has 0 spiro atoms. The number of halogens is 1. The molecule has 1 heterocycles. The lowest BCUT2D eigenvalue weighted by atomic mass is 10.2. The Morgan fingerprint density at radius 2 is 2.05 bits per heavy atom. The smallest absolute Gasteiger partial charge is 0.268 e. The van der Waals surface area contributed by atoms with Crippen LogP contribution in [0.1, 0.15) is 23.0 Å². The molecule has 1 N–H and O–H groups in total. The molecule has 0 saturated heterocycles. The van der Waals surface area contributed by atoms with Gasteiger partial charge in [-0.2, -0.15) is 0 Å². The van der Waals surface area contributed by atoms with Crippen molar-refractivity contribution in [1.82, 2.24) is 9.88 Å². The first kappa shape index (κ1) is 16.6. The molecule has 1 amide bonds. The zero-order valence-corrected chi connectivity index (χ0v) is 13.9. The van der Waals surface area contributed by atoms with Gasteiger partial charge in [0.2, 0.25) is 0 Å². The second kappa shape index (κ2) is 6.54. The summed E-state index contributed by atoms with van der Waals surface area (Å²) in [7, 11) is -1.55. The van der Waals surface area contributed by atoms with Crippen molar-refractivity contribution in [1.29, 1.82) is 0 Å². The molecule has 0 fully saturated rings. The van der Waals surface area contributed by atoms with Crippen LogP contribution in [0.2, 0.25) is 5.02 Å². The number of aryl methyl sites for hydroxylation is 1. The average Bonchev–Trinajstić information content (AvgIpc) is 2.90. The lowest BCUT2D eigenvalue weighted by Crippen LogP contribution is -2.24. The topological polar surface area (TPSA) is 68.2 Å². The second-order valence-corrected chi connectivity index (χ2v) is 7.60. The number of carbonyl (C=O) groups is 1. The number of carbonyl (C=O) groups excluding carboxylic acids is 1. The molecule has 22 heavy (non-hydrogen) atoms. The zero-order chi connectivity index (χ0) is 16.3. The van der Waals surface area contributed by atoms with Crippen LogP contribution in [0.3, 0.4) is 0 Å². The minimum atomic E-state index is -3.33. The molecule has 0 atom stereocenters. The van der Waals surface area contributed by atoms with Gasteiger partial charge >= 0.3 is 0 Å². The Morgan fingerprint density at radius 1 is 1.32 bits per heavy atom. The average molecular weight is 341 g/mol. The molecule has 0 radical (unpaired) electrons. The molecule has 0 aliphatic carbocycles. The second-order valence-electron chi connectivity index (χ2n) is 4.89. The highest BCUT2D eigenvalue weighted by Gasteiger charge is 2.14. The largest absolute Gasteiger partial charge is 0.347 e. The van der Waals surface area contributed by atoms with Gasteiger partial charge in [-0.25, -0.2) is 8.42 Å². The molecule has 0 aliphatic heterocycles. The van der Waals surface area contributed by atoms with Gasteiger partial charge in [-0.05, 0) is 35.9 Å². The summed E-state index contributed by atoms with van der Waals surface area (Å²) < 4.78 is 25.6. The van der Waals surface area contributed by atoms with E-state index < -0.39 is 9.84 Å². The molecule has 2 aromatic rings. The molecule has 118 valence electrons. The third-order valence-corrected chi connectivity index (χ3v) is 5.23. The number of aromatic nitrogens is 1. The third kappa shape index (κ3) is 3.69. The maximum Gasteiger partial charge on any atom is 0.268 e. The van der Waals surface area contributed by atoms with E-state index in [4.69, 9.17) is 11.6 Å². The van der Waals surface area contributed by atoms with E-state index in [-0.39, 0.29) is 23.1 Å². The van der Waals surface area contributed by atoms with Gasteiger partial charge in [0, 0.05) is 24.8 Å². The van der Waals surface area contributed by atoms with Crippen LogP contribution in [-0.2, 0) is 23.4 Å². The summed E-state index contributed by atoms with van der Waals surface area (Å²) >= 11 is 5.97. The summed E-state index contributed by atoms with van der Waals surface area (Å²) in [5.41, 5.74) is 1.17. The number of hydrogen-bond donors (Lipinski definition) is 1. The highest BCUT2D eigenvalue weighted by molar-refractivity contribution is 7.91. The van der Waals surface area contributed by atoms with E-state index in [9.17, 15) is 13.2 Å². The number of benzene rings is 1. The van der Waals surface area contributed by atoms with E-state index in [1.807, 2.05) is 0 Å². The fraction of sp³-hybridized carbons (Fsp3) is 0.267. The molecular weight excluding hydrogens is 324 g/mol. The summed E-state index contributed by atoms with van der Waals surface area (Å²) in [6.07, 6.45) is 1.78. The van der Waals surface area contributed by atoms with Gasteiger partial charge in [0.25, 0.3) is 5.91 Å². The summed E-state index contributed by atoms with van der Waals surface area (Å²) in [5, 5.41) is 3.08. The number of sulfone groups is 1. The van der Waals surface area contributed by atoms with Gasteiger partial charge in [0.15, 0.2) is 9.84 Å². The number of amides is 1. The Balaban J connectivity index is 2.17. The summed E-state index contributed by atoms with van der Waals surface area (Å²) in [4.78, 5) is 12.2. The fourth-order valence-corrected chi connectivity index (χ4v) is 3.33. The van der Waals surface area contributed by atoms with E-state index in [2.05, 4.69) is 5.32 Å². The summed E-state index contributed by atoms with van der Waals surface area (Å²) in [6, 6.07) is 8.08. The fourth-order valence-electron chi connectivity index (χ4n) is 2.04. The van der Waals surface area contributed by atoms with Crippen LogP contribution in [0.4, 0.5) is 0 Å². The van der Waals surface area contributed by atoms with Crippen molar-refractivity contribution >= 4 is 27.3 Å². The Morgan fingerprint density at radius 3 is 2.64 bits per heavy atom. The van der Waals surface area contributed by atoms with E-state index in [1.54, 1.807) is 42.9 Å². The zero-order valence-electron chi connectivity index (χ0n) is 12.3. The van der Waals surface area contributed by atoms with Crippen LogP contribution in [0.15, 0.2) is 41.4 Å². The van der Waals surface area contributed by atoms with Crippen molar-refractivity contribution in [2.75, 3.05) is 5.75 Å². The number of nitrogens with zero attached hydrogens (tertiary/aromatic N) is 1. The molecular formula is C15H17ClN2O3S. The van der Waals surface area contributed by atoms with Crippen molar-refractivity contribution < 1.29 is 13.2 Å². The SMILES string of the molecule is CCS(=O)(=O)c1cc(Cl)cc(CNC(=O)c2cccn2C)c1. The van der Waals surface area contributed by atoms with Gasteiger partial charge in [-0.1, -0.05) is 18.5 Å². The highest BCUT2D eigenvalue weighted by Crippen LogP contribution is 2.20. The van der Waals surface area contributed by atoms with Gasteiger partial charge in [0.05, 0.1) is 10.6 Å².